The summed E-state index contributed by atoms with van der Waals surface area (Å²) in [6.07, 6.45) is 8.01. The first kappa shape index (κ1) is 13.1. The molecule has 3 rings (SSSR count). The Balaban J connectivity index is 1.54. The van der Waals surface area contributed by atoms with Gasteiger partial charge in [-0.1, -0.05) is 18.0 Å². The van der Waals surface area contributed by atoms with Crippen LogP contribution in [0.2, 0.25) is 0 Å². The number of hydrogen-bond donors (Lipinski definition) is 1. The van der Waals surface area contributed by atoms with Crippen LogP contribution in [0.15, 0.2) is 4.52 Å². The summed E-state index contributed by atoms with van der Waals surface area (Å²) in [4.78, 5) is 4.43. The van der Waals surface area contributed by atoms with Crippen LogP contribution < -0.4 is 0 Å². The molecule has 2 fully saturated rings. The van der Waals surface area contributed by atoms with Gasteiger partial charge in [0.25, 0.3) is 0 Å². The van der Waals surface area contributed by atoms with Crippen LogP contribution in [0.25, 0.3) is 0 Å². The highest BCUT2D eigenvalue weighted by atomic mass is 16.5. The van der Waals surface area contributed by atoms with Crippen molar-refractivity contribution in [1.29, 1.82) is 0 Å². The fourth-order valence-electron chi connectivity index (χ4n) is 3.12. The first-order valence-electron chi connectivity index (χ1n) is 7.42. The Bertz CT molecular complexity index is 401. The summed E-state index contributed by atoms with van der Waals surface area (Å²) in [5, 5.41) is 14.0. The molecule has 1 aliphatic heterocycles. The first-order chi connectivity index (χ1) is 9.31. The SMILES string of the molecule is OC1CCCCC1Cc1nc(CC2CCCO2)no1. The standard InChI is InChI=1S/C14H22N2O3/c17-12-6-2-1-4-10(12)8-14-15-13(16-19-14)9-11-5-3-7-18-11/h10-12,17H,1-9H2. The number of aromatic nitrogens is 2. The van der Waals surface area contributed by atoms with Gasteiger partial charge in [-0.3, -0.25) is 0 Å². The van der Waals surface area contributed by atoms with E-state index in [4.69, 9.17) is 9.26 Å². The summed E-state index contributed by atoms with van der Waals surface area (Å²) < 4.78 is 10.9. The van der Waals surface area contributed by atoms with E-state index < -0.39 is 0 Å². The first-order valence-corrected chi connectivity index (χ1v) is 7.42. The Morgan fingerprint density at radius 2 is 2.00 bits per heavy atom. The van der Waals surface area contributed by atoms with Crippen LogP contribution in [0.5, 0.6) is 0 Å². The van der Waals surface area contributed by atoms with Crippen molar-refractivity contribution in [2.75, 3.05) is 6.61 Å². The number of nitrogens with zero attached hydrogens (tertiary/aromatic N) is 2. The van der Waals surface area contributed by atoms with Gasteiger partial charge in [0.1, 0.15) is 0 Å². The molecule has 1 aromatic rings. The highest BCUT2D eigenvalue weighted by Gasteiger charge is 2.26. The Labute approximate surface area is 113 Å². The third-order valence-electron chi connectivity index (χ3n) is 4.25. The Kier molecular flexibility index (Phi) is 4.13. The maximum atomic E-state index is 9.96. The van der Waals surface area contributed by atoms with E-state index in [1.807, 2.05) is 0 Å². The van der Waals surface area contributed by atoms with Crippen LogP contribution in [0.3, 0.4) is 0 Å². The maximum Gasteiger partial charge on any atom is 0.227 e. The number of aliphatic hydroxyl groups excluding tert-OH is 1. The summed E-state index contributed by atoms with van der Waals surface area (Å²) in [6, 6.07) is 0. The van der Waals surface area contributed by atoms with Crippen LogP contribution in [0.4, 0.5) is 0 Å². The molecule has 1 saturated heterocycles. The normalized spacial score (nSPS) is 31.7. The fourth-order valence-corrected chi connectivity index (χ4v) is 3.12. The lowest BCUT2D eigenvalue weighted by atomic mass is 9.84. The second kappa shape index (κ2) is 6.01. The highest BCUT2D eigenvalue weighted by Crippen LogP contribution is 2.27. The topological polar surface area (TPSA) is 68.4 Å². The molecule has 0 aromatic carbocycles. The molecule has 2 heterocycles. The molecule has 1 N–H and O–H groups in total. The van der Waals surface area contributed by atoms with Crippen LogP contribution in [0.1, 0.15) is 50.2 Å². The van der Waals surface area contributed by atoms with Crippen molar-refractivity contribution in [3.05, 3.63) is 11.7 Å². The summed E-state index contributed by atoms with van der Waals surface area (Å²) in [7, 11) is 0. The number of rotatable bonds is 4. The van der Waals surface area contributed by atoms with Crippen molar-refractivity contribution in [1.82, 2.24) is 10.1 Å². The summed E-state index contributed by atoms with van der Waals surface area (Å²) in [5.41, 5.74) is 0. The molecule has 1 saturated carbocycles. The average Bonchev–Trinajstić information content (AvgIpc) is 3.05. The molecule has 1 aromatic heterocycles. The number of aliphatic hydroxyl groups is 1. The molecule has 3 unspecified atom stereocenters. The van der Waals surface area contributed by atoms with Gasteiger partial charge in [-0.2, -0.15) is 4.98 Å². The molecule has 1 aliphatic carbocycles. The van der Waals surface area contributed by atoms with Crippen LogP contribution in [-0.4, -0.2) is 34.1 Å². The second-order valence-electron chi connectivity index (χ2n) is 5.76. The summed E-state index contributed by atoms with van der Waals surface area (Å²) in [5.74, 6) is 1.69. The monoisotopic (exact) mass is 266 g/mol. The van der Waals surface area contributed by atoms with E-state index in [-0.39, 0.29) is 18.1 Å². The second-order valence-corrected chi connectivity index (χ2v) is 5.76. The van der Waals surface area contributed by atoms with E-state index in [1.165, 1.54) is 6.42 Å². The molecule has 5 nitrogen and oxygen atoms in total. The van der Waals surface area contributed by atoms with Gasteiger partial charge >= 0.3 is 0 Å². The maximum absolute atomic E-state index is 9.96. The van der Waals surface area contributed by atoms with Crippen LogP contribution in [0, 0.1) is 5.92 Å². The lowest BCUT2D eigenvalue weighted by Crippen LogP contribution is -2.26. The molecule has 0 spiro atoms. The third kappa shape index (κ3) is 3.34. The van der Waals surface area contributed by atoms with Crippen molar-refractivity contribution in [3.63, 3.8) is 0 Å². The van der Waals surface area contributed by atoms with E-state index in [0.29, 0.717) is 12.3 Å². The molecule has 0 bridgehead atoms. The van der Waals surface area contributed by atoms with Crippen molar-refractivity contribution in [2.45, 2.75) is 63.6 Å². The zero-order chi connectivity index (χ0) is 13.1. The minimum atomic E-state index is -0.206. The highest BCUT2D eigenvalue weighted by molar-refractivity contribution is 4.92. The van der Waals surface area contributed by atoms with Crippen molar-refractivity contribution in [3.8, 4) is 0 Å². The van der Waals surface area contributed by atoms with Crippen LogP contribution in [-0.2, 0) is 17.6 Å². The third-order valence-corrected chi connectivity index (χ3v) is 4.25. The largest absolute Gasteiger partial charge is 0.393 e. The lowest BCUT2D eigenvalue weighted by Gasteiger charge is -2.26. The van der Waals surface area contributed by atoms with Gasteiger partial charge in [0.2, 0.25) is 5.89 Å². The minimum Gasteiger partial charge on any atom is -0.393 e. The predicted molar refractivity (Wildman–Crippen MR) is 68.6 cm³/mol. The van der Waals surface area contributed by atoms with Gasteiger partial charge < -0.3 is 14.4 Å². The Morgan fingerprint density at radius 1 is 1.11 bits per heavy atom. The molecule has 3 atom stereocenters. The van der Waals surface area contributed by atoms with Crippen molar-refractivity contribution in [2.24, 2.45) is 5.92 Å². The zero-order valence-electron chi connectivity index (χ0n) is 11.3. The fraction of sp³-hybridized carbons (Fsp3) is 0.857. The van der Waals surface area contributed by atoms with E-state index in [1.54, 1.807) is 0 Å². The molecular formula is C14H22N2O3. The Morgan fingerprint density at radius 3 is 2.79 bits per heavy atom. The molecule has 19 heavy (non-hydrogen) atoms. The quantitative estimate of drug-likeness (QED) is 0.901. The summed E-state index contributed by atoms with van der Waals surface area (Å²) in [6.45, 7) is 0.851. The number of hydrogen-bond acceptors (Lipinski definition) is 5. The lowest BCUT2D eigenvalue weighted by molar-refractivity contribution is 0.0657. The molecule has 0 radical (unpaired) electrons. The van der Waals surface area contributed by atoms with E-state index in [2.05, 4.69) is 10.1 Å². The van der Waals surface area contributed by atoms with E-state index >= 15 is 0 Å². The molecular weight excluding hydrogens is 244 g/mol. The van der Waals surface area contributed by atoms with Gasteiger partial charge in [-0.05, 0) is 31.6 Å². The molecule has 0 amide bonds. The predicted octanol–water partition coefficient (Wildman–Crippen LogP) is 1.88. The smallest absolute Gasteiger partial charge is 0.227 e. The minimum absolute atomic E-state index is 0.206. The van der Waals surface area contributed by atoms with Crippen LogP contribution >= 0.6 is 0 Å². The van der Waals surface area contributed by atoms with Crippen molar-refractivity contribution < 1.29 is 14.4 Å². The van der Waals surface area contributed by atoms with E-state index in [0.717, 1.165) is 51.0 Å². The van der Waals surface area contributed by atoms with E-state index in [9.17, 15) is 5.11 Å². The average molecular weight is 266 g/mol. The van der Waals surface area contributed by atoms with Crippen molar-refractivity contribution >= 4 is 0 Å². The zero-order valence-corrected chi connectivity index (χ0v) is 11.3. The van der Waals surface area contributed by atoms with Gasteiger partial charge in [-0.25, -0.2) is 0 Å². The number of ether oxygens (including phenoxy) is 1. The molecule has 2 aliphatic rings. The summed E-state index contributed by atoms with van der Waals surface area (Å²) >= 11 is 0. The van der Waals surface area contributed by atoms with Gasteiger partial charge in [-0.15, -0.1) is 0 Å². The Hall–Kier alpha value is -0.940. The van der Waals surface area contributed by atoms with Gasteiger partial charge in [0.05, 0.1) is 12.2 Å². The molecule has 106 valence electrons. The van der Waals surface area contributed by atoms with Gasteiger partial charge in [0, 0.05) is 19.4 Å². The van der Waals surface area contributed by atoms with Gasteiger partial charge in [0.15, 0.2) is 5.82 Å². The molecule has 5 heteroatoms.